The molecule has 0 radical (unpaired) electrons. The summed E-state index contributed by atoms with van der Waals surface area (Å²) in [5.41, 5.74) is 0.711. The molecule has 1 aliphatic carbocycles. The van der Waals surface area contributed by atoms with Crippen molar-refractivity contribution >= 4 is 27.3 Å². The molecule has 1 heterocycles. The van der Waals surface area contributed by atoms with Gasteiger partial charge in [-0.2, -0.15) is 0 Å². The van der Waals surface area contributed by atoms with Crippen LogP contribution in [0.25, 0.3) is 0 Å². The van der Waals surface area contributed by atoms with Gasteiger partial charge in [-0.15, -0.1) is 0 Å². The van der Waals surface area contributed by atoms with Crippen LogP contribution in [0.3, 0.4) is 0 Å². The van der Waals surface area contributed by atoms with Gasteiger partial charge < -0.3 is 9.73 Å². The molecule has 2 N–H and O–H groups in total. The highest BCUT2D eigenvalue weighted by Gasteiger charge is 2.36. The minimum Gasteiger partial charge on any atom is -0.466 e. The van der Waals surface area contributed by atoms with E-state index in [4.69, 9.17) is 4.42 Å². The van der Waals surface area contributed by atoms with Crippen LogP contribution < -0.4 is 10.0 Å². The van der Waals surface area contributed by atoms with E-state index in [-0.39, 0.29) is 18.0 Å². The van der Waals surface area contributed by atoms with Crippen molar-refractivity contribution in [1.82, 2.24) is 0 Å². The average Bonchev–Trinajstić information content (AvgIpc) is 3.29. The molecule has 6 nitrogen and oxygen atoms in total. The Morgan fingerprint density at radius 2 is 1.72 bits per heavy atom. The number of anilines is 2. The van der Waals surface area contributed by atoms with Crippen molar-refractivity contribution in [2.75, 3.05) is 10.0 Å². The Morgan fingerprint density at radius 3 is 2.38 bits per heavy atom. The Kier molecular flexibility index (Phi) is 6.01. The molecule has 1 aliphatic rings. The lowest BCUT2D eigenvalue weighted by molar-refractivity contribution is -0.116. The normalized spacial score (nSPS) is 17.7. The summed E-state index contributed by atoms with van der Waals surface area (Å²) in [6.07, 6.45) is 1.87. The number of carbonyl (C=O) groups excluding carboxylic acids is 1. The highest BCUT2D eigenvalue weighted by molar-refractivity contribution is 7.92. The van der Waals surface area contributed by atoms with Crippen molar-refractivity contribution in [3.05, 3.63) is 77.8 Å². The van der Waals surface area contributed by atoms with Crippen molar-refractivity contribution in [2.45, 2.75) is 37.0 Å². The van der Waals surface area contributed by atoms with Crippen molar-refractivity contribution < 1.29 is 26.4 Å². The smallest absolute Gasteiger partial charge is 0.261 e. The molecule has 32 heavy (non-hydrogen) atoms. The number of rotatable bonds is 8. The lowest BCUT2D eigenvalue weighted by Gasteiger charge is -2.10. The molecule has 1 saturated carbocycles. The van der Waals surface area contributed by atoms with Gasteiger partial charge in [0.25, 0.3) is 10.0 Å². The quantitative estimate of drug-likeness (QED) is 0.492. The van der Waals surface area contributed by atoms with Crippen LogP contribution in [0, 0.1) is 17.6 Å². The molecule has 0 bridgehead atoms. The first kappa shape index (κ1) is 22.0. The van der Waals surface area contributed by atoms with E-state index in [1.165, 1.54) is 12.1 Å². The lowest BCUT2D eigenvalue weighted by Crippen LogP contribution is -2.14. The molecular formula is C23H22F2N2O4S. The number of sulfonamides is 1. The van der Waals surface area contributed by atoms with Gasteiger partial charge in [0.1, 0.15) is 11.5 Å². The number of furan rings is 1. The maximum atomic E-state index is 13.3. The topological polar surface area (TPSA) is 88.4 Å². The third-order valence-electron chi connectivity index (χ3n) is 5.38. The standard InChI is InChI=1S/C23H22F2N2O4S/c1-14-12-19(14)22-10-6-17(31-22)7-11-23(28)26-15-2-4-16(5-3-15)27-32(29,30)18-8-9-20(24)21(25)13-18/h2-6,8-10,13-14,19,27H,7,11-12H2,1H3,(H,26,28). The number of halogens is 2. The van der Waals surface area contributed by atoms with Gasteiger partial charge in [0.05, 0.1) is 4.90 Å². The van der Waals surface area contributed by atoms with Crippen molar-refractivity contribution in [2.24, 2.45) is 5.92 Å². The second-order valence-electron chi connectivity index (χ2n) is 7.93. The predicted octanol–water partition coefficient (Wildman–Crippen LogP) is 5.05. The Bertz CT molecular complexity index is 1240. The minimum atomic E-state index is -4.09. The first-order chi connectivity index (χ1) is 15.2. The first-order valence-corrected chi connectivity index (χ1v) is 11.7. The molecule has 168 valence electrons. The van der Waals surface area contributed by atoms with Gasteiger partial charge in [-0.3, -0.25) is 9.52 Å². The monoisotopic (exact) mass is 460 g/mol. The molecule has 0 saturated heterocycles. The molecule has 1 amide bonds. The zero-order valence-corrected chi connectivity index (χ0v) is 18.1. The van der Waals surface area contributed by atoms with E-state index in [2.05, 4.69) is 17.0 Å². The number of hydrogen-bond acceptors (Lipinski definition) is 4. The Hall–Kier alpha value is -3.20. The van der Waals surface area contributed by atoms with E-state index >= 15 is 0 Å². The van der Waals surface area contributed by atoms with Gasteiger partial charge in [-0.25, -0.2) is 17.2 Å². The molecule has 0 aliphatic heterocycles. The maximum absolute atomic E-state index is 13.3. The fourth-order valence-corrected chi connectivity index (χ4v) is 4.46. The van der Waals surface area contributed by atoms with Gasteiger partial charge in [0.2, 0.25) is 5.91 Å². The van der Waals surface area contributed by atoms with E-state index in [1.807, 2.05) is 12.1 Å². The van der Waals surface area contributed by atoms with Crippen LogP contribution in [-0.2, 0) is 21.2 Å². The second kappa shape index (κ2) is 8.74. The molecule has 9 heteroatoms. The van der Waals surface area contributed by atoms with Crippen LogP contribution in [0.15, 0.2) is 63.9 Å². The zero-order chi connectivity index (χ0) is 22.9. The van der Waals surface area contributed by atoms with E-state index in [0.29, 0.717) is 30.0 Å². The highest BCUT2D eigenvalue weighted by Crippen LogP contribution is 2.47. The highest BCUT2D eigenvalue weighted by atomic mass is 32.2. The summed E-state index contributed by atoms with van der Waals surface area (Å²) in [7, 11) is -4.09. The Balaban J connectivity index is 1.30. The molecule has 1 fully saturated rings. The van der Waals surface area contributed by atoms with Crippen molar-refractivity contribution in [3.8, 4) is 0 Å². The molecule has 2 unspecified atom stereocenters. The Labute approximate surface area is 184 Å². The molecule has 2 aromatic carbocycles. The number of amides is 1. The number of benzene rings is 2. The summed E-state index contributed by atoms with van der Waals surface area (Å²) in [4.78, 5) is 11.8. The SMILES string of the molecule is CC1CC1c1ccc(CCC(=O)Nc2ccc(NS(=O)(=O)c3ccc(F)c(F)c3)cc2)o1. The average molecular weight is 461 g/mol. The number of aryl methyl sites for hydroxylation is 1. The summed E-state index contributed by atoms with van der Waals surface area (Å²) in [5, 5.41) is 2.75. The van der Waals surface area contributed by atoms with Crippen LogP contribution in [0.1, 0.15) is 37.2 Å². The first-order valence-electron chi connectivity index (χ1n) is 10.2. The third kappa shape index (κ3) is 5.16. The fraction of sp³-hybridized carbons (Fsp3) is 0.261. The van der Waals surface area contributed by atoms with E-state index < -0.39 is 26.6 Å². The minimum absolute atomic E-state index is 0.196. The Morgan fingerprint density at radius 1 is 1.03 bits per heavy atom. The molecule has 3 aromatic rings. The molecule has 0 spiro atoms. The van der Waals surface area contributed by atoms with Crippen LogP contribution >= 0.6 is 0 Å². The van der Waals surface area contributed by atoms with E-state index in [0.717, 1.165) is 30.1 Å². The van der Waals surface area contributed by atoms with Gasteiger partial charge in [-0.05, 0) is 66.9 Å². The lowest BCUT2D eigenvalue weighted by atomic mass is 10.2. The number of nitrogens with one attached hydrogen (secondary N) is 2. The largest absolute Gasteiger partial charge is 0.466 e. The maximum Gasteiger partial charge on any atom is 0.261 e. The predicted molar refractivity (Wildman–Crippen MR) is 116 cm³/mol. The summed E-state index contributed by atoms with van der Waals surface area (Å²) in [6.45, 7) is 2.18. The van der Waals surface area contributed by atoms with Crippen molar-refractivity contribution in [1.29, 1.82) is 0 Å². The van der Waals surface area contributed by atoms with E-state index in [1.54, 1.807) is 12.1 Å². The van der Waals surface area contributed by atoms with Crippen LogP contribution in [0.4, 0.5) is 20.2 Å². The molecular weight excluding hydrogens is 438 g/mol. The van der Waals surface area contributed by atoms with Gasteiger partial charge in [0.15, 0.2) is 11.6 Å². The summed E-state index contributed by atoms with van der Waals surface area (Å²) in [5.74, 6) is 0.327. The number of hydrogen-bond donors (Lipinski definition) is 2. The van der Waals surface area contributed by atoms with Gasteiger partial charge in [0, 0.05) is 30.1 Å². The molecule has 1 aromatic heterocycles. The fourth-order valence-electron chi connectivity index (χ4n) is 3.39. The summed E-state index contributed by atoms with van der Waals surface area (Å²) in [6, 6.07) is 12.2. The van der Waals surface area contributed by atoms with E-state index in [9.17, 15) is 22.0 Å². The van der Waals surface area contributed by atoms with Gasteiger partial charge >= 0.3 is 0 Å². The van der Waals surface area contributed by atoms with Gasteiger partial charge in [-0.1, -0.05) is 6.92 Å². The second-order valence-corrected chi connectivity index (χ2v) is 9.61. The van der Waals surface area contributed by atoms with Crippen LogP contribution in [0.5, 0.6) is 0 Å². The summed E-state index contributed by atoms with van der Waals surface area (Å²) >= 11 is 0. The number of carbonyl (C=O) groups is 1. The van der Waals surface area contributed by atoms with Crippen LogP contribution in [-0.4, -0.2) is 14.3 Å². The van der Waals surface area contributed by atoms with Crippen molar-refractivity contribution in [3.63, 3.8) is 0 Å². The zero-order valence-electron chi connectivity index (χ0n) is 17.3. The molecule has 2 atom stereocenters. The summed E-state index contributed by atoms with van der Waals surface area (Å²) < 4.78 is 59.1. The molecule has 4 rings (SSSR count). The third-order valence-corrected chi connectivity index (χ3v) is 6.76. The van der Waals surface area contributed by atoms with Crippen LogP contribution in [0.2, 0.25) is 0 Å².